The topological polar surface area (TPSA) is 43.9 Å². The van der Waals surface area contributed by atoms with Gasteiger partial charge in [0.25, 0.3) is 0 Å². The van der Waals surface area contributed by atoms with Crippen molar-refractivity contribution in [2.45, 2.75) is 19.3 Å². The van der Waals surface area contributed by atoms with Crippen LogP contribution >= 0.6 is 0 Å². The average molecular weight is 682 g/mol. The monoisotopic (exact) mass is 681 g/mol. The van der Waals surface area contributed by atoms with Gasteiger partial charge in [0, 0.05) is 32.7 Å². The summed E-state index contributed by atoms with van der Waals surface area (Å²) >= 11 is 0. The van der Waals surface area contributed by atoms with Gasteiger partial charge in [-0.2, -0.15) is 0 Å². The second-order valence-corrected chi connectivity index (χ2v) is 14.4. The molecule has 0 N–H and O–H groups in total. The van der Waals surface area contributed by atoms with E-state index >= 15 is 0 Å². The van der Waals surface area contributed by atoms with Crippen LogP contribution in [0.15, 0.2) is 156 Å². The van der Waals surface area contributed by atoms with Gasteiger partial charge in [0.15, 0.2) is 5.82 Å². The molecular formula is C49H35N3O. The molecule has 4 heteroatoms. The van der Waals surface area contributed by atoms with Crippen molar-refractivity contribution in [2.24, 2.45) is 0 Å². The minimum Gasteiger partial charge on any atom is -0.439 e. The van der Waals surface area contributed by atoms with Crippen LogP contribution < -0.4 is 10.4 Å². The fraction of sp³-hybridized carbons (Fsp3) is 0.0612. The van der Waals surface area contributed by atoms with Crippen LogP contribution in [0.1, 0.15) is 25.0 Å². The Labute approximate surface area is 307 Å². The summed E-state index contributed by atoms with van der Waals surface area (Å²) < 4.78 is 8.95. The quantitative estimate of drug-likeness (QED) is 0.186. The summed E-state index contributed by atoms with van der Waals surface area (Å²) in [5, 5.41) is 6.29. The number of nitrogens with zero attached hydrogens (tertiary/aromatic N) is 3. The zero-order valence-corrected chi connectivity index (χ0v) is 29.6. The first-order valence-corrected chi connectivity index (χ1v) is 18.0. The third kappa shape index (κ3) is 4.76. The third-order valence-corrected chi connectivity index (χ3v) is 10.8. The van der Waals surface area contributed by atoms with E-state index in [1.807, 2.05) is 66.7 Å². The van der Waals surface area contributed by atoms with Gasteiger partial charge in [-0.1, -0.05) is 148 Å². The number of rotatable bonds is 3. The molecular weight excluding hydrogens is 647 g/mol. The molecule has 0 saturated carbocycles. The molecule has 6 aromatic carbocycles. The molecule has 0 radical (unpaired) electrons. The number of para-hydroxylation sites is 3. The lowest BCUT2D eigenvalue weighted by Gasteiger charge is -2.34. The maximum absolute atomic E-state index is 6.61. The Bertz CT molecular complexity index is 3150. The van der Waals surface area contributed by atoms with Crippen LogP contribution in [0.3, 0.4) is 0 Å². The lowest BCUT2D eigenvalue weighted by Crippen LogP contribution is -2.26. The van der Waals surface area contributed by atoms with Crippen molar-refractivity contribution >= 4 is 57.0 Å². The maximum atomic E-state index is 6.61. The molecule has 0 amide bonds. The normalized spacial score (nSPS) is 13.0. The van der Waals surface area contributed by atoms with Gasteiger partial charge in [-0.15, -0.1) is 0 Å². The highest BCUT2D eigenvalue weighted by atomic mass is 16.3. The summed E-state index contributed by atoms with van der Waals surface area (Å²) in [6.07, 6.45) is 0. The van der Waals surface area contributed by atoms with Crippen molar-refractivity contribution in [3.05, 3.63) is 173 Å². The second-order valence-electron chi connectivity index (χ2n) is 14.4. The third-order valence-electron chi connectivity index (χ3n) is 10.8. The number of hydrogen-bond acceptors (Lipinski definition) is 3. The van der Waals surface area contributed by atoms with E-state index < -0.39 is 0 Å². The fourth-order valence-corrected chi connectivity index (χ4v) is 8.18. The van der Waals surface area contributed by atoms with Crippen LogP contribution in [-0.2, 0) is 5.41 Å². The fourth-order valence-electron chi connectivity index (χ4n) is 8.18. The van der Waals surface area contributed by atoms with Crippen LogP contribution in [0.5, 0.6) is 0 Å². The summed E-state index contributed by atoms with van der Waals surface area (Å²) in [7, 11) is 0. The Morgan fingerprint density at radius 3 is 2.19 bits per heavy atom. The molecule has 0 aliphatic carbocycles. The standard InChI is InChI=1S/C49H35N3O/c1-30-14-5-6-16-31(2)35(21-11-15-30)47-50-41-24-9-7-19-36(41)45(51-47)34-18-12-17-32(28-34)33-26-27-42-40(29-33)49(3,4)39-23-13-22-38-44-37-20-8-10-25-43(37)53-48(44)52(42)46(38)39/h5-29H,1-2H2,3-4H3. The minimum atomic E-state index is -0.238. The van der Waals surface area contributed by atoms with Crippen LogP contribution in [0, 0.1) is 0 Å². The van der Waals surface area contributed by atoms with Gasteiger partial charge in [-0.25, -0.2) is 9.97 Å². The zero-order valence-electron chi connectivity index (χ0n) is 29.6. The van der Waals surface area contributed by atoms with Crippen molar-refractivity contribution in [1.29, 1.82) is 0 Å². The molecule has 4 nitrogen and oxygen atoms in total. The molecule has 3 aromatic heterocycles. The smallest absolute Gasteiger partial charge is 0.213 e. The van der Waals surface area contributed by atoms with Crippen molar-refractivity contribution in [2.75, 3.05) is 0 Å². The number of benzene rings is 5. The van der Waals surface area contributed by atoms with Crippen molar-refractivity contribution in [3.8, 4) is 39.5 Å². The van der Waals surface area contributed by atoms with E-state index in [1.165, 1.54) is 27.4 Å². The molecule has 0 unspecified atom stereocenters. The maximum Gasteiger partial charge on any atom is 0.213 e. The van der Waals surface area contributed by atoms with Gasteiger partial charge in [0.1, 0.15) is 5.58 Å². The SMILES string of the molecule is C=c1ccccc(=C)c(-c2nc(-c3cccc(-c4ccc5c(c4)C(C)(C)c4cccc6c7c8ccccc8oc7n-5c46)c3)c3ccccc3n2)ccc1. The van der Waals surface area contributed by atoms with Crippen molar-refractivity contribution in [1.82, 2.24) is 14.5 Å². The highest BCUT2D eigenvalue weighted by Gasteiger charge is 2.36. The predicted octanol–water partition coefficient (Wildman–Crippen LogP) is 11.1. The molecule has 0 fully saturated rings. The summed E-state index contributed by atoms with van der Waals surface area (Å²) in [5.74, 6) is 0.628. The van der Waals surface area contributed by atoms with E-state index in [0.717, 1.165) is 71.7 Å². The summed E-state index contributed by atoms with van der Waals surface area (Å²) in [4.78, 5) is 10.3. The second kappa shape index (κ2) is 11.6. The number of aromatic nitrogens is 3. The van der Waals surface area contributed by atoms with E-state index in [9.17, 15) is 0 Å². The molecule has 53 heavy (non-hydrogen) atoms. The van der Waals surface area contributed by atoms with Crippen molar-refractivity contribution < 1.29 is 4.42 Å². The lowest BCUT2D eigenvalue weighted by atomic mass is 9.74. The summed E-state index contributed by atoms with van der Waals surface area (Å²) in [6.45, 7) is 13.1. The summed E-state index contributed by atoms with van der Waals surface area (Å²) in [6, 6.07) is 52.7. The molecule has 252 valence electrons. The first kappa shape index (κ1) is 31.0. The first-order valence-electron chi connectivity index (χ1n) is 18.0. The summed E-state index contributed by atoms with van der Waals surface area (Å²) in [5.41, 5.74) is 12.4. The largest absolute Gasteiger partial charge is 0.439 e. The highest BCUT2D eigenvalue weighted by molar-refractivity contribution is 6.21. The van der Waals surface area contributed by atoms with E-state index in [2.05, 4.69) is 117 Å². The van der Waals surface area contributed by atoms with E-state index in [4.69, 9.17) is 14.4 Å². The van der Waals surface area contributed by atoms with Gasteiger partial charge in [0.2, 0.25) is 5.71 Å². The molecule has 0 saturated heterocycles. The van der Waals surface area contributed by atoms with E-state index in [-0.39, 0.29) is 5.41 Å². The van der Waals surface area contributed by atoms with Crippen molar-refractivity contribution in [3.63, 3.8) is 0 Å². The lowest BCUT2D eigenvalue weighted by molar-refractivity contribution is 0.612. The Balaban J connectivity index is 1.15. The Kier molecular flexibility index (Phi) is 6.80. The molecule has 0 bridgehead atoms. The molecule has 1 aliphatic heterocycles. The zero-order chi connectivity index (χ0) is 35.8. The number of hydrogen-bond donors (Lipinski definition) is 0. The number of fused-ring (bicyclic) bond motifs is 8. The van der Waals surface area contributed by atoms with Gasteiger partial charge in [-0.05, 0) is 63.0 Å². The van der Waals surface area contributed by atoms with Gasteiger partial charge >= 0.3 is 0 Å². The predicted molar refractivity (Wildman–Crippen MR) is 220 cm³/mol. The average Bonchev–Trinajstić information content (AvgIpc) is 3.72. The molecule has 9 aromatic rings. The van der Waals surface area contributed by atoms with Crippen LogP contribution in [0.25, 0.3) is 96.5 Å². The van der Waals surface area contributed by atoms with Crippen LogP contribution in [0.2, 0.25) is 0 Å². The molecule has 4 heterocycles. The van der Waals surface area contributed by atoms with Gasteiger partial charge in [0.05, 0.1) is 27.8 Å². The van der Waals surface area contributed by atoms with Gasteiger partial charge < -0.3 is 4.42 Å². The van der Waals surface area contributed by atoms with E-state index in [1.54, 1.807) is 0 Å². The Morgan fingerprint density at radius 2 is 1.28 bits per heavy atom. The van der Waals surface area contributed by atoms with E-state index in [0.29, 0.717) is 5.82 Å². The molecule has 0 atom stereocenters. The van der Waals surface area contributed by atoms with Crippen LogP contribution in [0.4, 0.5) is 0 Å². The highest BCUT2D eigenvalue weighted by Crippen LogP contribution is 2.50. The Morgan fingerprint density at radius 1 is 0.585 bits per heavy atom. The molecule has 0 spiro atoms. The minimum absolute atomic E-state index is 0.238. The van der Waals surface area contributed by atoms with Crippen LogP contribution in [-0.4, -0.2) is 14.5 Å². The molecule has 10 rings (SSSR count). The van der Waals surface area contributed by atoms with Gasteiger partial charge in [-0.3, -0.25) is 4.57 Å². The Hall–Kier alpha value is -6.78. The molecule has 1 aliphatic rings. The number of furan rings is 1. The first-order chi connectivity index (χ1) is 25.9.